The van der Waals surface area contributed by atoms with Crippen molar-refractivity contribution < 1.29 is 14.3 Å². The summed E-state index contributed by atoms with van der Waals surface area (Å²) in [4.78, 5) is 24.4. The molecule has 3 nitrogen and oxygen atoms in total. The van der Waals surface area contributed by atoms with Gasteiger partial charge in [0.15, 0.2) is 5.78 Å². The second kappa shape index (κ2) is 8.08. The van der Waals surface area contributed by atoms with Crippen LogP contribution >= 0.6 is 22.6 Å². The zero-order valence-electron chi connectivity index (χ0n) is 12.3. The van der Waals surface area contributed by atoms with Gasteiger partial charge >= 0.3 is 5.97 Å². The Labute approximate surface area is 143 Å². The number of halogens is 1. The van der Waals surface area contributed by atoms with Crippen molar-refractivity contribution in [2.24, 2.45) is 5.92 Å². The topological polar surface area (TPSA) is 43.4 Å². The van der Waals surface area contributed by atoms with E-state index >= 15 is 0 Å². The van der Waals surface area contributed by atoms with Crippen molar-refractivity contribution in [1.82, 2.24) is 0 Å². The van der Waals surface area contributed by atoms with Gasteiger partial charge in [-0.05, 0) is 40.6 Å². The highest BCUT2D eigenvalue weighted by molar-refractivity contribution is 14.1. The van der Waals surface area contributed by atoms with E-state index in [-0.39, 0.29) is 18.2 Å². The van der Waals surface area contributed by atoms with Crippen molar-refractivity contribution in [3.63, 3.8) is 0 Å². The van der Waals surface area contributed by atoms with Crippen LogP contribution in [0.5, 0.6) is 0 Å². The van der Waals surface area contributed by atoms with Gasteiger partial charge in [-0.15, -0.1) is 0 Å². The molecule has 0 aliphatic rings. The predicted octanol–water partition coefficient (Wildman–Crippen LogP) is 3.90. The molecule has 2 aromatic rings. The van der Waals surface area contributed by atoms with Gasteiger partial charge < -0.3 is 4.74 Å². The van der Waals surface area contributed by atoms with E-state index in [0.29, 0.717) is 12.0 Å². The Morgan fingerprint density at radius 1 is 1.05 bits per heavy atom. The van der Waals surface area contributed by atoms with E-state index in [9.17, 15) is 9.59 Å². The molecule has 0 saturated heterocycles. The molecule has 0 saturated carbocycles. The second-order valence-electron chi connectivity index (χ2n) is 5.01. The highest BCUT2D eigenvalue weighted by atomic mass is 127. The molecule has 22 heavy (non-hydrogen) atoms. The van der Waals surface area contributed by atoms with Crippen LogP contribution in [0.4, 0.5) is 0 Å². The highest BCUT2D eigenvalue weighted by Gasteiger charge is 2.24. The summed E-state index contributed by atoms with van der Waals surface area (Å²) in [6, 6.07) is 16.9. The fourth-order valence-electron chi connectivity index (χ4n) is 2.30. The van der Waals surface area contributed by atoms with Crippen LogP contribution in [0.1, 0.15) is 22.3 Å². The van der Waals surface area contributed by atoms with E-state index < -0.39 is 5.92 Å². The van der Waals surface area contributed by atoms with Crippen molar-refractivity contribution in [1.29, 1.82) is 0 Å². The fraction of sp³-hybridized carbons (Fsp3) is 0.222. The molecule has 2 aromatic carbocycles. The molecule has 0 aliphatic carbocycles. The Morgan fingerprint density at radius 2 is 1.68 bits per heavy atom. The van der Waals surface area contributed by atoms with Crippen molar-refractivity contribution in [2.45, 2.75) is 12.8 Å². The molecule has 0 aliphatic heterocycles. The van der Waals surface area contributed by atoms with Gasteiger partial charge in [0.25, 0.3) is 0 Å². The Bertz CT molecular complexity index is 652. The molecule has 1 unspecified atom stereocenters. The van der Waals surface area contributed by atoms with Crippen LogP contribution in [0, 0.1) is 9.49 Å². The van der Waals surface area contributed by atoms with E-state index in [1.807, 2.05) is 42.5 Å². The third-order valence-corrected chi connectivity index (χ3v) is 4.54. The van der Waals surface area contributed by atoms with Gasteiger partial charge in [-0.3, -0.25) is 9.59 Å². The summed E-state index contributed by atoms with van der Waals surface area (Å²) in [7, 11) is 1.36. The number of rotatable bonds is 6. The minimum atomic E-state index is -0.464. The Hall–Kier alpha value is -1.69. The molecule has 0 heterocycles. The van der Waals surface area contributed by atoms with Crippen LogP contribution in [0.15, 0.2) is 54.6 Å². The number of Topliss-reactive ketones (excluding diaryl/α,β-unsaturated/α-hetero) is 1. The van der Waals surface area contributed by atoms with Gasteiger partial charge in [0.05, 0.1) is 13.0 Å². The van der Waals surface area contributed by atoms with Gasteiger partial charge in [0, 0.05) is 15.6 Å². The van der Waals surface area contributed by atoms with Crippen LogP contribution < -0.4 is 0 Å². The number of methoxy groups -OCH3 is 1. The minimum Gasteiger partial charge on any atom is -0.469 e. The molecule has 0 aromatic heterocycles. The van der Waals surface area contributed by atoms with Crippen LogP contribution in [0.3, 0.4) is 0 Å². The first-order chi connectivity index (χ1) is 10.6. The number of ketones is 1. The van der Waals surface area contributed by atoms with Gasteiger partial charge in [-0.25, -0.2) is 0 Å². The van der Waals surface area contributed by atoms with E-state index in [1.165, 1.54) is 7.11 Å². The third-order valence-electron chi connectivity index (χ3n) is 3.49. The van der Waals surface area contributed by atoms with Crippen molar-refractivity contribution >= 4 is 34.3 Å². The van der Waals surface area contributed by atoms with Gasteiger partial charge in [0.2, 0.25) is 0 Å². The summed E-state index contributed by atoms with van der Waals surface area (Å²) in [5, 5.41) is 0. The molecule has 114 valence electrons. The standard InChI is InChI=1S/C18H17IO3/c1-22-18(21)15(11-14-9-5-6-10-16(14)19)12-17(20)13-7-3-2-4-8-13/h2-10,15H,11-12H2,1H3. The fourth-order valence-corrected chi connectivity index (χ4v) is 2.91. The van der Waals surface area contributed by atoms with E-state index in [2.05, 4.69) is 22.6 Å². The lowest BCUT2D eigenvalue weighted by Gasteiger charge is -2.15. The molecular formula is C18H17IO3. The smallest absolute Gasteiger partial charge is 0.309 e. The van der Waals surface area contributed by atoms with Crippen LogP contribution in [0.2, 0.25) is 0 Å². The number of benzene rings is 2. The second-order valence-corrected chi connectivity index (χ2v) is 6.17. The van der Waals surface area contributed by atoms with E-state index in [4.69, 9.17) is 4.74 Å². The first kappa shape index (κ1) is 16.7. The number of carbonyl (C=O) groups excluding carboxylic acids is 2. The summed E-state index contributed by atoms with van der Waals surface area (Å²) in [6.45, 7) is 0. The van der Waals surface area contributed by atoms with E-state index in [1.54, 1.807) is 12.1 Å². The molecular weight excluding hydrogens is 391 g/mol. The largest absolute Gasteiger partial charge is 0.469 e. The molecule has 0 spiro atoms. The number of esters is 1. The summed E-state index contributed by atoms with van der Waals surface area (Å²) in [6.07, 6.45) is 0.659. The summed E-state index contributed by atoms with van der Waals surface area (Å²) in [5.74, 6) is -0.848. The average molecular weight is 408 g/mol. The zero-order chi connectivity index (χ0) is 15.9. The molecule has 2 rings (SSSR count). The maximum atomic E-state index is 12.3. The van der Waals surface area contributed by atoms with Crippen molar-refractivity contribution in [3.05, 3.63) is 69.3 Å². The first-order valence-electron chi connectivity index (χ1n) is 7.01. The quantitative estimate of drug-likeness (QED) is 0.414. The molecule has 0 fully saturated rings. The molecule has 1 atom stereocenters. The summed E-state index contributed by atoms with van der Waals surface area (Å²) in [5.41, 5.74) is 1.68. The SMILES string of the molecule is COC(=O)C(CC(=O)c1ccccc1)Cc1ccccc1I. The number of hydrogen-bond donors (Lipinski definition) is 0. The molecule has 4 heteroatoms. The molecule has 0 bridgehead atoms. The van der Waals surface area contributed by atoms with Crippen LogP contribution in [-0.4, -0.2) is 18.9 Å². The van der Waals surface area contributed by atoms with Gasteiger partial charge in [-0.2, -0.15) is 0 Å². The summed E-state index contributed by atoms with van der Waals surface area (Å²) < 4.78 is 5.95. The lowest BCUT2D eigenvalue weighted by atomic mass is 9.92. The Balaban J connectivity index is 2.15. The zero-order valence-corrected chi connectivity index (χ0v) is 14.4. The predicted molar refractivity (Wildman–Crippen MR) is 93.8 cm³/mol. The Kier molecular flexibility index (Phi) is 6.12. The minimum absolute atomic E-state index is 0.0399. The number of hydrogen-bond acceptors (Lipinski definition) is 3. The summed E-state index contributed by atoms with van der Waals surface area (Å²) >= 11 is 2.24. The first-order valence-corrected chi connectivity index (χ1v) is 8.09. The highest BCUT2D eigenvalue weighted by Crippen LogP contribution is 2.21. The molecule has 0 amide bonds. The lowest BCUT2D eigenvalue weighted by molar-refractivity contribution is -0.145. The number of carbonyl (C=O) groups is 2. The van der Waals surface area contributed by atoms with Gasteiger partial charge in [-0.1, -0.05) is 48.5 Å². The van der Waals surface area contributed by atoms with Crippen LogP contribution in [-0.2, 0) is 16.0 Å². The number of ether oxygens (including phenoxy) is 1. The maximum absolute atomic E-state index is 12.3. The monoisotopic (exact) mass is 408 g/mol. The third kappa shape index (κ3) is 4.40. The average Bonchev–Trinajstić information content (AvgIpc) is 2.56. The lowest BCUT2D eigenvalue weighted by Crippen LogP contribution is -2.22. The Morgan fingerprint density at radius 3 is 2.32 bits per heavy atom. The molecule has 0 N–H and O–H groups in total. The van der Waals surface area contributed by atoms with Crippen molar-refractivity contribution in [3.8, 4) is 0 Å². The van der Waals surface area contributed by atoms with Crippen molar-refractivity contribution in [2.75, 3.05) is 7.11 Å². The maximum Gasteiger partial charge on any atom is 0.309 e. The molecule has 0 radical (unpaired) electrons. The van der Waals surface area contributed by atoms with Crippen LogP contribution in [0.25, 0.3) is 0 Å². The van der Waals surface area contributed by atoms with E-state index in [0.717, 1.165) is 9.13 Å². The normalized spacial score (nSPS) is 11.7. The van der Waals surface area contributed by atoms with Gasteiger partial charge in [0.1, 0.15) is 0 Å².